The monoisotopic (exact) mass is 454 g/mol. The molecule has 0 radical (unpaired) electrons. The molecule has 1 unspecified atom stereocenters. The Hall–Kier alpha value is -1.06. The van der Waals surface area contributed by atoms with E-state index in [1.807, 2.05) is 0 Å². The van der Waals surface area contributed by atoms with Crippen LogP contribution in [0.5, 0.6) is 0 Å². The van der Waals surface area contributed by atoms with Gasteiger partial charge in [0.1, 0.15) is 6.10 Å². The zero-order valence-corrected chi connectivity index (χ0v) is 21.7. The van der Waals surface area contributed by atoms with Gasteiger partial charge in [-0.15, -0.1) is 0 Å². The molecule has 4 heteroatoms. The number of rotatable bonds is 24. The second-order valence-corrected chi connectivity index (χ2v) is 10.1. The van der Waals surface area contributed by atoms with Crippen molar-refractivity contribution in [2.24, 2.45) is 5.92 Å². The molecule has 0 spiro atoms. The van der Waals surface area contributed by atoms with Crippen molar-refractivity contribution >= 4 is 11.9 Å². The fourth-order valence-electron chi connectivity index (χ4n) is 4.28. The largest absolute Gasteiger partial charge is 0.481 e. The summed E-state index contributed by atoms with van der Waals surface area (Å²) in [6.07, 6.45) is 23.9. The molecule has 0 aliphatic carbocycles. The Morgan fingerprint density at radius 1 is 0.656 bits per heavy atom. The number of unbranched alkanes of at least 4 members (excludes halogenated alkanes) is 15. The molecular weight excluding hydrogens is 400 g/mol. The molecule has 1 N–H and O–H groups in total. The molecule has 0 heterocycles. The standard InChI is InChI=1S/C28H54O4/c1-4-5-6-7-8-9-10-11-12-13-14-15-16-17-18-21-26(24-25(2)3)32-28(31)23-20-19-22-27(29)30/h25-26H,4-24H2,1-3H3,(H,29,30). The van der Waals surface area contributed by atoms with E-state index in [4.69, 9.17) is 9.84 Å². The highest BCUT2D eigenvalue weighted by Crippen LogP contribution is 2.18. The third-order valence-electron chi connectivity index (χ3n) is 6.18. The van der Waals surface area contributed by atoms with Gasteiger partial charge in [0.15, 0.2) is 0 Å². The molecule has 0 fully saturated rings. The van der Waals surface area contributed by atoms with E-state index in [-0.39, 0.29) is 18.5 Å². The summed E-state index contributed by atoms with van der Waals surface area (Å²) in [5.74, 6) is -0.456. The predicted molar refractivity (Wildman–Crippen MR) is 135 cm³/mol. The molecule has 0 aromatic heterocycles. The van der Waals surface area contributed by atoms with Gasteiger partial charge in [-0.25, -0.2) is 0 Å². The lowest BCUT2D eigenvalue weighted by atomic mass is 9.99. The van der Waals surface area contributed by atoms with Gasteiger partial charge in [-0.2, -0.15) is 0 Å². The SMILES string of the molecule is CCCCCCCCCCCCCCCCCC(CC(C)C)OC(=O)CCCCC(=O)O. The molecule has 0 aliphatic heterocycles. The van der Waals surface area contributed by atoms with E-state index in [2.05, 4.69) is 20.8 Å². The molecule has 0 saturated heterocycles. The Morgan fingerprint density at radius 3 is 1.53 bits per heavy atom. The van der Waals surface area contributed by atoms with Crippen LogP contribution in [-0.4, -0.2) is 23.1 Å². The van der Waals surface area contributed by atoms with Gasteiger partial charge in [-0.3, -0.25) is 9.59 Å². The number of carbonyl (C=O) groups excluding carboxylic acids is 1. The molecule has 0 amide bonds. The molecule has 0 bridgehead atoms. The normalized spacial score (nSPS) is 12.2. The van der Waals surface area contributed by atoms with Crippen LogP contribution in [0, 0.1) is 5.92 Å². The lowest BCUT2D eigenvalue weighted by Crippen LogP contribution is -2.20. The summed E-state index contributed by atoms with van der Waals surface area (Å²) in [7, 11) is 0. The first-order valence-electron chi connectivity index (χ1n) is 13.9. The molecule has 32 heavy (non-hydrogen) atoms. The van der Waals surface area contributed by atoms with Gasteiger partial charge in [-0.1, -0.05) is 111 Å². The summed E-state index contributed by atoms with van der Waals surface area (Å²) in [4.78, 5) is 22.6. The van der Waals surface area contributed by atoms with E-state index >= 15 is 0 Å². The molecule has 0 saturated carbocycles. The Balaban J connectivity index is 3.64. The highest BCUT2D eigenvalue weighted by atomic mass is 16.5. The number of hydrogen-bond acceptors (Lipinski definition) is 3. The molecule has 0 aromatic rings. The summed E-state index contributed by atoms with van der Waals surface area (Å²) >= 11 is 0. The summed E-state index contributed by atoms with van der Waals surface area (Å²) < 4.78 is 5.70. The quantitative estimate of drug-likeness (QED) is 0.117. The van der Waals surface area contributed by atoms with E-state index in [1.165, 1.54) is 89.9 Å². The van der Waals surface area contributed by atoms with Crippen LogP contribution < -0.4 is 0 Å². The topological polar surface area (TPSA) is 63.6 Å². The highest BCUT2D eigenvalue weighted by Gasteiger charge is 2.16. The number of hydrogen-bond donors (Lipinski definition) is 1. The van der Waals surface area contributed by atoms with Crippen molar-refractivity contribution < 1.29 is 19.4 Å². The summed E-state index contributed by atoms with van der Waals surface area (Å²) in [6.45, 7) is 6.61. The fraction of sp³-hybridized carbons (Fsp3) is 0.929. The van der Waals surface area contributed by atoms with Crippen molar-refractivity contribution in [2.45, 2.75) is 162 Å². The highest BCUT2D eigenvalue weighted by molar-refractivity contribution is 5.70. The lowest BCUT2D eigenvalue weighted by molar-refractivity contribution is -0.150. The van der Waals surface area contributed by atoms with E-state index in [9.17, 15) is 9.59 Å². The molecule has 190 valence electrons. The minimum absolute atomic E-state index is 0.0175. The Labute approximate surface area is 199 Å². The van der Waals surface area contributed by atoms with Crippen molar-refractivity contribution in [3.8, 4) is 0 Å². The van der Waals surface area contributed by atoms with Crippen LogP contribution in [-0.2, 0) is 14.3 Å². The minimum atomic E-state index is -0.802. The van der Waals surface area contributed by atoms with Crippen LogP contribution in [0.15, 0.2) is 0 Å². The third-order valence-corrected chi connectivity index (χ3v) is 6.18. The predicted octanol–water partition coefficient (Wildman–Crippen LogP) is 8.85. The van der Waals surface area contributed by atoms with Crippen molar-refractivity contribution in [3.63, 3.8) is 0 Å². The van der Waals surface area contributed by atoms with Crippen molar-refractivity contribution in [2.75, 3.05) is 0 Å². The molecule has 0 aliphatic rings. The third kappa shape index (κ3) is 23.6. The molecule has 1 atom stereocenters. The van der Waals surface area contributed by atoms with Gasteiger partial charge in [0.25, 0.3) is 0 Å². The Bertz CT molecular complexity index is 433. The maximum absolute atomic E-state index is 12.1. The first kappa shape index (κ1) is 30.9. The van der Waals surface area contributed by atoms with Crippen molar-refractivity contribution in [3.05, 3.63) is 0 Å². The Kier molecular flexibility index (Phi) is 22.3. The van der Waals surface area contributed by atoms with E-state index in [0.717, 1.165) is 19.3 Å². The number of carboxylic acid groups (broad SMARTS) is 1. The molecular formula is C28H54O4. The second-order valence-electron chi connectivity index (χ2n) is 10.1. The minimum Gasteiger partial charge on any atom is -0.481 e. The van der Waals surface area contributed by atoms with Gasteiger partial charge in [0.05, 0.1) is 0 Å². The average molecular weight is 455 g/mol. The van der Waals surface area contributed by atoms with Gasteiger partial charge >= 0.3 is 11.9 Å². The van der Waals surface area contributed by atoms with E-state index in [1.54, 1.807) is 0 Å². The van der Waals surface area contributed by atoms with Crippen molar-refractivity contribution in [1.29, 1.82) is 0 Å². The van der Waals surface area contributed by atoms with Gasteiger partial charge in [0, 0.05) is 12.8 Å². The van der Waals surface area contributed by atoms with Gasteiger partial charge < -0.3 is 9.84 Å². The number of carbonyl (C=O) groups is 2. The Morgan fingerprint density at radius 2 is 1.09 bits per heavy atom. The van der Waals surface area contributed by atoms with Crippen LogP contribution in [0.1, 0.15) is 156 Å². The van der Waals surface area contributed by atoms with Crippen molar-refractivity contribution in [1.82, 2.24) is 0 Å². The number of esters is 1. The molecule has 4 nitrogen and oxygen atoms in total. The van der Waals surface area contributed by atoms with Crippen LogP contribution in [0.4, 0.5) is 0 Å². The van der Waals surface area contributed by atoms with E-state index < -0.39 is 5.97 Å². The second kappa shape index (κ2) is 23.1. The van der Waals surface area contributed by atoms with Crippen LogP contribution in [0.25, 0.3) is 0 Å². The van der Waals surface area contributed by atoms with E-state index in [0.29, 0.717) is 25.2 Å². The zero-order valence-electron chi connectivity index (χ0n) is 21.7. The number of carboxylic acids is 1. The maximum atomic E-state index is 12.1. The first-order valence-corrected chi connectivity index (χ1v) is 13.9. The summed E-state index contributed by atoms with van der Waals surface area (Å²) in [5.41, 5.74) is 0. The number of aliphatic carboxylic acids is 1. The van der Waals surface area contributed by atoms with Gasteiger partial charge in [-0.05, 0) is 38.0 Å². The molecule has 0 aromatic carbocycles. The summed E-state index contributed by atoms with van der Waals surface area (Å²) in [5, 5.41) is 8.67. The smallest absolute Gasteiger partial charge is 0.306 e. The molecule has 0 rings (SSSR count). The first-order chi connectivity index (χ1) is 15.5. The summed E-state index contributed by atoms with van der Waals surface area (Å²) in [6, 6.07) is 0. The zero-order chi connectivity index (χ0) is 23.9. The average Bonchev–Trinajstić information content (AvgIpc) is 2.73. The number of ether oxygens (including phenoxy) is 1. The fourth-order valence-corrected chi connectivity index (χ4v) is 4.28. The van der Waals surface area contributed by atoms with Gasteiger partial charge in [0.2, 0.25) is 0 Å². The maximum Gasteiger partial charge on any atom is 0.306 e. The lowest BCUT2D eigenvalue weighted by Gasteiger charge is -2.20. The van der Waals surface area contributed by atoms with Crippen LogP contribution >= 0.6 is 0 Å². The van der Waals surface area contributed by atoms with Crippen LogP contribution in [0.2, 0.25) is 0 Å². The van der Waals surface area contributed by atoms with Crippen LogP contribution in [0.3, 0.4) is 0 Å².